The fourth-order valence-electron chi connectivity index (χ4n) is 2.69. The molecule has 3 aromatic rings. The average Bonchev–Trinajstić information content (AvgIpc) is 3.16. The van der Waals surface area contributed by atoms with E-state index in [1.807, 2.05) is 19.1 Å². The Bertz CT molecular complexity index is 1100. The van der Waals surface area contributed by atoms with E-state index < -0.39 is 0 Å². The molecule has 0 bridgehead atoms. The van der Waals surface area contributed by atoms with Gasteiger partial charge in [-0.1, -0.05) is 11.8 Å². The van der Waals surface area contributed by atoms with Crippen LogP contribution in [0, 0.1) is 0 Å². The highest BCUT2D eigenvalue weighted by Crippen LogP contribution is 2.32. The van der Waals surface area contributed by atoms with Gasteiger partial charge in [0.1, 0.15) is 13.2 Å². The number of rotatable bonds is 7. The van der Waals surface area contributed by atoms with Crippen molar-refractivity contribution in [1.82, 2.24) is 19.9 Å². The van der Waals surface area contributed by atoms with Gasteiger partial charge in [0.05, 0.1) is 11.5 Å². The largest absolute Gasteiger partial charge is 0.486 e. The quantitative estimate of drug-likeness (QED) is 0.217. The lowest BCUT2D eigenvalue weighted by atomic mass is 10.2. The summed E-state index contributed by atoms with van der Waals surface area (Å²) in [7, 11) is 0. The lowest BCUT2D eigenvalue weighted by Gasteiger charge is -2.18. The smallest absolute Gasteiger partial charge is 0.264 e. The third kappa shape index (κ3) is 5.04. The number of nitrogens with one attached hydrogen (secondary N) is 2. The Morgan fingerprint density at radius 1 is 1.19 bits per heavy atom. The first kappa shape index (κ1) is 20.5. The number of fused-ring (bicyclic) bond motifs is 1. The predicted molar refractivity (Wildman–Crippen MR) is 117 cm³/mol. The van der Waals surface area contributed by atoms with Gasteiger partial charge in [-0.05, 0) is 31.2 Å². The number of ether oxygens (including phenoxy) is 2. The fourth-order valence-corrected chi connectivity index (χ4v) is 3.35. The standard InChI is InChI=1S/C19H20N8O3S/c1-12(13-4-6-21-7-5-13)23-24-18-25-26-19(27(18)20)31-11-17(28)22-14-2-3-15-16(10-14)30-9-8-29-15/h2-7,10H,8-9,11,20H2,1H3,(H,22,28)(H,24,25)/b23-12+. The first-order chi connectivity index (χ1) is 15.1. The molecule has 1 aromatic carbocycles. The normalized spacial score (nSPS) is 13.0. The molecule has 12 heteroatoms. The van der Waals surface area contributed by atoms with Crippen molar-refractivity contribution < 1.29 is 14.3 Å². The third-order valence-corrected chi connectivity index (χ3v) is 5.19. The molecule has 1 amide bonds. The van der Waals surface area contributed by atoms with Crippen molar-refractivity contribution in [2.75, 3.05) is 35.6 Å². The Hall–Kier alpha value is -3.80. The van der Waals surface area contributed by atoms with Gasteiger partial charge < -0.3 is 20.6 Å². The van der Waals surface area contributed by atoms with Crippen LogP contribution < -0.4 is 26.1 Å². The molecule has 4 N–H and O–H groups in total. The molecule has 2 aromatic heterocycles. The van der Waals surface area contributed by atoms with Crippen LogP contribution in [0.1, 0.15) is 12.5 Å². The van der Waals surface area contributed by atoms with Crippen LogP contribution in [0.4, 0.5) is 11.6 Å². The number of carbonyl (C=O) groups excluding carboxylic acids is 1. The molecular weight excluding hydrogens is 420 g/mol. The number of aromatic nitrogens is 4. The zero-order chi connectivity index (χ0) is 21.6. The van der Waals surface area contributed by atoms with Crippen molar-refractivity contribution in [3.8, 4) is 11.5 Å². The molecule has 0 aliphatic carbocycles. The Morgan fingerprint density at radius 3 is 2.77 bits per heavy atom. The summed E-state index contributed by atoms with van der Waals surface area (Å²) in [5.41, 5.74) is 5.05. The molecule has 11 nitrogen and oxygen atoms in total. The number of pyridine rings is 1. The number of nitrogens with zero attached hydrogens (tertiary/aromatic N) is 5. The van der Waals surface area contributed by atoms with E-state index in [1.165, 1.54) is 4.68 Å². The van der Waals surface area contributed by atoms with Gasteiger partial charge in [0.25, 0.3) is 5.95 Å². The third-order valence-electron chi connectivity index (χ3n) is 4.24. The first-order valence-corrected chi connectivity index (χ1v) is 10.3. The topological polar surface area (TPSA) is 142 Å². The highest BCUT2D eigenvalue weighted by atomic mass is 32.2. The summed E-state index contributed by atoms with van der Waals surface area (Å²) in [5, 5.41) is 15.4. The molecule has 0 saturated carbocycles. The summed E-state index contributed by atoms with van der Waals surface area (Å²) in [4.78, 5) is 16.3. The number of hydrogen-bond donors (Lipinski definition) is 3. The second kappa shape index (κ2) is 9.34. The van der Waals surface area contributed by atoms with Gasteiger partial charge in [-0.3, -0.25) is 9.78 Å². The molecule has 0 saturated heterocycles. The minimum Gasteiger partial charge on any atom is -0.486 e. The molecule has 1 aliphatic rings. The van der Waals surface area contributed by atoms with Gasteiger partial charge in [-0.25, -0.2) is 10.1 Å². The van der Waals surface area contributed by atoms with E-state index in [-0.39, 0.29) is 17.6 Å². The van der Waals surface area contributed by atoms with Gasteiger partial charge in [-0.15, -0.1) is 10.2 Å². The predicted octanol–water partition coefficient (Wildman–Crippen LogP) is 1.72. The van der Waals surface area contributed by atoms with Crippen LogP contribution in [0.5, 0.6) is 11.5 Å². The summed E-state index contributed by atoms with van der Waals surface area (Å²) in [6.07, 6.45) is 3.37. The lowest BCUT2D eigenvalue weighted by molar-refractivity contribution is -0.113. The number of nitrogens with two attached hydrogens (primary N) is 1. The number of amides is 1. The highest BCUT2D eigenvalue weighted by molar-refractivity contribution is 7.99. The molecular formula is C19H20N8O3S. The van der Waals surface area contributed by atoms with Crippen LogP contribution in [-0.2, 0) is 4.79 Å². The average molecular weight is 440 g/mol. The minimum absolute atomic E-state index is 0.100. The monoisotopic (exact) mass is 440 g/mol. The number of thioether (sulfide) groups is 1. The Labute approximate surface area is 182 Å². The summed E-state index contributed by atoms with van der Waals surface area (Å²) in [6, 6.07) is 8.94. The Balaban J connectivity index is 1.32. The van der Waals surface area contributed by atoms with Crippen molar-refractivity contribution in [3.63, 3.8) is 0 Å². The van der Waals surface area contributed by atoms with Gasteiger partial charge in [0.15, 0.2) is 11.5 Å². The highest BCUT2D eigenvalue weighted by Gasteiger charge is 2.15. The summed E-state index contributed by atoms with van der Waals surface area (Å²) in [5.74, 6) is 7.42. The maximum Gasteiger partial charge on any atom is 0.264 e. The molecule has 0 unspecified atom stereocenters. The SMILES string of the molecule is C/C(=N\Nc1nnc(SCC(=O)Nc2ccc3c(c2)OCCO3)n1N)c1ccncc1. The summed E-state index contributed by atoms with van der Waals surface area (Å²) >= 11 is 1.15. The minimum atomic E-state index is -0.217. The number of hydrazone groups is 1. The molecule has 3 heterocycles. The number of benzene rings is 1. The van der Waals surface area contributed by atoms with Crippen molar-refractivity contribution in [2.45, 2.75) is 12.1 Å². The zero-order valence-corrected chi connectivity index (χ0v) is 17.4. The molecule has 0 atom stereocenters. The molecule has 31 heavy (non-hydrogen) atoms. The second-order valence-electron chi connectivity index (χ2n) is 6.42. The van der Waals surface area contributed by atoms with Crippen LogP contribution in [0.2, 0.25) is 0 Å². The van der Waals surface area contributed by atoms with E-state index in [4.69, 9.17) is 15.3 Å². The molecule has 1 aliphatic heterocycles. The first-order valence-electron chi connectivity index (χ1n) is 9.33. The number of nitrogen functional groups attached to an aromatic ring is 1. The van der Waals surface area contributed by atoms with Crippen LogP contribution in [0.3, 0.4) is 0 Å². The van der Waals surface area contributed by atoms with E-state index in [0.29, 0.717) is 35.6 Å². The molecule has 0 spiro atoms. The van der Waals surface area contributed by atoms with E-state index in [9.17, 15) is 4.79 Å². The van der Waals surface area contributed by atoms with Crippen LogP contribution in [-0.4, -0.2) is 50.4 Å². The van der Waals surface area contributed by atoms with E-state index in [0.717, 1.165) is 23.0 Å². The fraction of sp³-hybridized carbons (Fsp3) is 0.211. The number of anilines is 2. The van der Waals surface area contributed by atoms with Crippen LogP contribution in [0.15, 0.2) is 53.0 Å². The zero-order valence-electron chi connectivity index (χ0n) is 16.6. The molecule has 4 rings (SSSR count). The van der Waals surface area contributed by atoms with E-state index >= 15 is 0 Å². The maximum absolute atomic E-state index is 12.3. The second-order valence-corrected chi connectivity index (χ2v) is 7.36. The van der Waals surface area contributed by atoms with Crippen molar-refractivity contribution in [2.24, 2.45) is 5.10 Å². The van der Waals surface area contributed by atoms with Crippen molar-refractivity contribution in [1.29, 1.82) is 0 Å². The number of carbonyl (C=O) groups is 1. The van der Waals surface area contributed by atoms with Crippen LogP contribution >= 0.6 is 11.8 Å². The van der Waals surface area contributed by atoms with Crippen molar-refractivity contribution >= 4 is 35.0 Å². The van der Waals surface area contributed by atoms with Gasteiger partial charge in [0.2, 0.25) is 11.1 Å². The maximum atomic E-state index is 12.3. The summed E-state index contributed by atoms with van der Waals surface area (Å²) in [6.45, 7) is 2.84. The summed E-state index contributed by atoms with van der Waals surface area (Å²) < 4.78 is 12.2. The molecule has 160 valence electrons. The van der Waals surface area contributed by atoms with Gasteiger partial charge >= 0.3 is 0 Å². The Morgan fingerprint density at radius 2 is 1.97 bits per heavy atom. The van der Waals surface area contributed by atoms with E-state index in [2.05, 4.69) is 31.0 Å². The van der Waals surface area contributed by atoms with Gasteiger partial charge in [0, 0.05) is 29.7 Å². The molecule has 0 radical (unpaired) electrons. The lowest BCUT2D eigenvalue weighted by Crippen LogP contribution is -2.18. The van der Waals surface area contributed by atoms with E-state index in [1.54, 1.807) is 30.6 Å². The van der Waals surface area contributed by atoms with Crippen molar-refractivity contribution in [3.05, 3.63) is 48.3 Å². The number of hydrogen-bond acceptors (Lipinski definition) is 10. The van der Waals surface area contributed by atoms with Gasteiger partial charge in [-0.2, -0.15) is 5.10 Å². The molecule has 0 fully saturated rings. The van der Waals surface area contributed by atoms with Crippen LogP contribution in [0.25, 0.3) is 0 Å². The Kier molecular flexibility index (Phi) is 6.17.